The van der Waals surface area contributed by atoms with Gasteiger partial charge in [-0.15, -0.1) is 0 Å². The van der Waals surface area contributed by atoms with Crippen LogP contribution in [0.5, 0.6) is 0 Å². The van der Waals surface area contributed by atoms with Gasteiger partial charge < -0.3 is 0 Å². The third-order valence-electron chi connectivity index (χ3n) is 4.33. The Kier molecular flexibility index (Phi) is 5.56. The molecule has 25 heavy (non-hydrogen) atoms. The summed E-state index contributed by atoms with van der Waals surface area (Å²) in [5, 5.41) is 7.66. The first-order valence-corrected chi connectivity index (χ1v) is 8.47. The first kappa shape index (κ1) is 17.3. The Balaban J connectivity index is 1.89. The molecule has 2 aromatic carbocycles. The number of aryl methyl sites for hydroxylation is 3. The molecule has 5 heteroatoms. The molecule has 3 aromatic rings. The number of rotatable bonds is 7. The standard InChI is InChI=1S/C20H23FN4/c1-15-8-9-16(2)18(12-15)20(17-6-4-3-5-7-17)22-13-19-23-14-24-25(19)11-10-21/h3-9,12,14,20,22H,10-11,13H2,1-2H3/t20-/m1/s1. The lowest BCUT2D eigenvalue weighted by Crippen LogP contribution is -2.25. The molecule has 0 unspecified atom stereocenters. The van der Waals surface area contributed by atoms with Crippen LogP contribution in [-0.4, -0.2) is 21.4 Å². The Morgan fingerprint density at radius 3 is 2.68 bits per heavy atom. The van der Waals surface area contributed by atoms with Gasteiger partial charge in [0, 0.05) is 0 Å². The molecule has 1 heterocycles. The highest BCUT2D eigenvalue weighted by Gasteiger charge is 2.17. The summed E-state index contributed by atoms with van der Waals surface area (Å²) < 4.78 is 14.3. The predicted octanol–water partition coefficient (Wildman–Crippen LogP) is 3.74. The molecule has 0 spiro atoms. The van der Waals surface area contributed by atoms with Crippen molar-refractivity contribution < 1.29 is 4.39 Å². The Morgan fingerprint density at radius 2 is 1.92 bits per heavy atom. The minimum absolute atomic E-state index is 0.0385. The molecule has 4 nitrogen and oxygen atoms in total. The molecule has 0 bridgehead atoms. The average Bonchev–Trinajstić information content (AvgIpc) is 3.06. The molecule has 0 saturated heterocycles. The van der Waals surface area contributed by atoms with Gasteiger partial charge in [0.05, 0.1) is 19.1 Å². The Labute approximate surface area is 147 Å². The van der Waals surface area contributed by atoms with Crippen molar-refractivity contribution in [2.75, 3.05) is 6.67 Å². The maximum atomic E-state index is 12.7. The number of hydrogen-bond donors (Lipinski definition) is 1. The van der Waals surface area contributed by atoms with Gasteiger partial charge in [-0.1, -0.05) is 54.1 Å². The summed E-state index contributed by atoms with van der Waals surface area (Å²) in [5.74, 6) is 0.740. The number of benzene rings is 2. The monoisotopic (exact) mass is 338 g/mol. The van der Waals surface area contributed by atoms with E-state index in [1.54, 1.807) is 4.68 Å². The second-order valence-corrected chi connectivity index (χ2v) is 6.17. The van der Waals surface area contributed by atoms with E-state index in [1.807, 2.05) is 18.2 Å². The van der Waals surface area contributed by atoms with Crippen molar-refractivity contribution in [3.63, 3.8) is 0 Å². The number of nitrogens with zero attached hydrogens (tertiary/aromatic N) is 3. The normalized spacial score (nSPS) is 12.3. The van der Waals surface area contributed by atoms with Gasteiger partial charge in [0.15, 0.2) is 0 Å². The first-order chi connectivity index (χ1) is 12.2. The van der Waals surface area contributed by atoms with Crippen LogP contribution in [0.3, 0.4) is 0 Å². The largest absolute Gasteiger partial charge is 0.299 e. The zero-order chi connectivity index (χ0) is 17.6. The lowest BCUT2D eigenvalue weighted by atomic mass is 9.93. The van der Waals surface area contributed by atoms with Crippen molar-refractivity contribution in [3.8, 4) is 0 Å². The van der Waals surface area contributed by atoms with Gasteiger partial charge >= 0.3 is 0 Å². The van der Waals surface area contributed by atoms with Crippen LogP contribution in [0.4, 0.5) is 4.39 Å². The van der Waals surface area contributed by atoms with Gasteiger partial charge in [0.25, 0.3) is 0 Å². The molecular formula is C20H23FN4. The predicted molar refractivity (Wildman–Crippen MR) is 97.0 cm³/mol. The summed E-state index contributed by atoms with van der Waals surface area (Å²) in [4.78, 5) is 4.26. The Bertz CT molecular complexity index is 814. The number of aromatic nitrogens is 3. The second kappa shape index (κ2) is 8.03. The minimum atomic E-state index is -0.449. The van der Waals surface area contributed by atoms with Gasteiger partial charge in [-0.05, 0) is 30.5 Å². The van der Waals surface area contributed by atoms with E-state index in [-0.39, 0.29) is 12.6 Å². The van der Waals surface area contributed by atoms with Gasteiger partial charge in [-0.3, -0.25) is 5.32 Å². The SMILES string of the molecule is Cc1ccc(C)c([C@H](NCc2ncnn2CCF)c2ccccc2)c1. The van der Waals surface area contributed by atoms with Crippen molar-refractivity contribution >= 4 is 0 Å². The molecule has 0 aliphatic heterocycles. The van der Waals surface area contributed by atoms with E-state index in [1.165, 1.54) is 28.6 Å². The zero-order valence-corrected chi connectivity index (χ0v) is 14.6. The maximum Gasteiger partial charge on any atom is 0.140 e. The lowest BCUT2D eigenvalue weighted by molar-refractivity contribution is 0.413. The van der Waals surface area contributed by atoms with Crippen molar-refractivity contribution in [1.29, 1.82) is 0 Å². The third-order valence-corrected chi connectivity index (χ3v) is 4.33. The minimum Gasteiger partial charge on any atom is -0.299 e. The molecule has 0 aliphatic carbocycles. The Hall–Kier alpha value is -2.53. The van der Waals surface area contributed by atoms with Crippen molar-refractivity contribution in [2.45, 2.75) is 33.0 Å². The van der Waals surface area contributed by atoms with Crippen molar-refractivity contribution in [2.24, 2.45) is 0 Å². The van der Waals surface area contributed by atoms with Crippen molar-refractivity contribution in [3.05, 3.63) is 82.9 Å². The third kappa shape index (κ3) is 4.12. The second-order valence-electron chi connectivity index (χ2n) is 6.17. The Morgan fingerprint density at radius 1 is 1.12 bits per heavy atom. The molecule has 3 rings (SSSR count). The number of nitrogens with one attached hydrogen (secondary N) is 1. The van der Waals surface area contributed by atoms with E-state index >= 15 is 0 Å². The number of alkyl halides is 1. The molecule has 0 amide bonds. The van der Waals surface area contributed by atoms with E-state index < -0.39 is 6.67 Å². The summed E-state index contributed by atoms with van der Waals surface area (Å²) in [5.41, 5.74) is 4.89. The van der Waals surface area contributed by atoms with Crippen LogP contribution in [0.1, 0.15) is 34.1 Å². The van der Waals surface area contributed by atoms with Crippen LogP contribution in [-0.2, 0) is 13.1 Å². The zero-order valence-electron chi connectivity index (χ0n) is 14.6. The average molecular weight is 338 g/mol. The fourth-order valence-corrected chi connectivity index (χ4v) is 3.01. The smallest absolute Gasteiger partial charge is 0.140 e. The van der Waals surface area contributed by atoms with Crippen LogP contribution in [0.15, 0.2) is 54.9 Å². The van der Waals surface area contributed by atoms with E-state index in [2.05, 4.69) is 59.6 Å². The summed E-state index contributed by atoms with van der Waals surface area (Å²) in [6.45, 7) is 4.53. The molecule has 130 valence electrons. The lowest BCUT2D eigenvalue weighted by Gasteiger charge is -2.22. The number of halogens is 1. The summed E-state index contributed by atoms with van der Waals surface area (Å²) >= 11 is 0. The van der Waals surface area contributed by atoms with E-state index in [0.717, 1.165) is 5.82 Å². The summed E-state index contributed by atoms with van der Waals surface area (Å²) in [7, 11) is 0. The van der Waals surface area contributed by atoms with Crippen molar-refractivity contribution in [1.82, 2.24) is 20.1 Å². The van der Waals surface area contributed by atoms with Gasteiger partial charge in [-0.2, -0.15) is 5.10 Å². The molecule has 0 fully saturated rings. The highest BCUT2D eigenvalue weighted by molar-refractivity contribution is 5.39. The van der Waals surface area contributed by atoms with Crippen LogP contribution < -0.4 is 5.32 Å². The van der Waals surface area contributed by atoms with Gasteiger partial charge in [0.1, 0.15) is 18.8 Å². The molecule has 1 atom stereocenters. The van der Waals surface area contributed by atoms with Crippen LogP contribution in [0.2, 0.25) is 0 Å². The van der Waals surface area contributed by atoms with Crippen LogP contribution in [0.25, 0.3) is 0 Å². The molecular weight excluding hydrogens is 315 g/mol. The molecule has 1 N–H and O–H groups in total. The maximum absolute atomic E-state index is 12.7. The molecule has 1 aromatic heterocycles. The van der Waals surface area contributed by atoms with Gasteiger partial charge in [0.2, 0.25) is 0 Å². The van der Waals surface area contributed by atoms with Crippen LogP contribution >= 0.6 is 0 Å². The van der Waals surface area contributed by atoms with E-state index in [9.17, 15) is 4.39 Å². The first-order valence-electron chi connectivity index (χ1n) is 8.47. The summed E-state index contributed by atoms with van der Waals surface area (Å²) in [6, 6.07) is 16.9. The van der Waals surface area contributed by atoms with E-state index in [4.69, 9.17) is 0 Å². The summed E-state index contributed by atoms with van der Waals surface area (Å²) in [6.07, 6.45) is 1.47. The topological polar surface area (TPSA) is 42.7 Å². The quantitative estimate of drug-likeness (QED) is 0.713. The fourth-order valence-electron chi connectivity index (χ4n) is 3.01. The van der Waals surface area contributed by atoms with Gasteiger partial charge in [-0.25, -0.2) is 14.1 Å². The molecule has 0 radical (unpaired) electrons. The fraction of sp³-hybridized carbons (Fsp3) is 0.300. The van der Waals surface area contributed by atoms with E-state index in [0.29, 0.717) is 6.54 Å². The highest BCUT2D eigenvalue weighted by Crippen LogP contribution is 2.26. The number of hydrogen-bond acceptors (Lipinski definition) is 3. The van der Waals surface area contributed by atoms with Crippen LogP contribution in [0, 0.1) is 13.8 Å². The molecule has 0 aliphatic rings. The highest BCUT2D eigenvalue weighted by atomic mass is 19.1. The molecule has 0 saturated carbocycles.